The molecule has 0 spiro atoms. The number of allylic oxidation sites excluding steroid dienone is 1. The van der Waals surface area contributed by atoms with Gasteiger partial charge >= 0.3 is 0 Å². The van der Waals surface area contributed by atoms with Crippen molar-refractivity contribution in [2.45, 2.75) is 54.0 Å². The fourth-order valence-corrected chi connectivity index (χ4v) is 5.62. The van der Waals surface area contributed by atoms with Crippen molar-refractivity contribution in [1.82, 2.24) is 4.31 Å². The molecule has 1 saturated heterocycles. The second-order valence-corrected chi connectivity index (χ2v) is 8.47. The number of rotatable bonds is 1. The third-order valence-electron chi connectivity index (χ3n) is 5.57. The van der Waals surface area contributed by atoms with Crippen LogP contribution in [-0.4, -0.2) is 26.6 Å². The van der Waals surface area contributed by atoms with Crippen LogP contribution in [0.15, 0.2) is 11.6 Å². The van der Waals surface area contributed by atoms with Gasteiger partial charge in [0.05, 0.1) is 17.4 Å². The highest BCUT2D eigenvalue weighted by Crippen LogP contribution is 2.61. The quantitative estimate of drug-likeness (QED) is 0.548. The average molecular weight is 283 g/mol. The SMILES string of the molecule is CC(C)=CC(=O)N1C2CC(C)C(C)(C)C2(C)C[S+]1[O-]. The summed E-state index contributed by atoms with van der Waals surface area (Å²) in [6.45, 7) is 12.8. The monoisotopic (exact) mass is 283 g/mol. The van der Waals surface area contributed by atoms with Crippen LogP contribution in [0, 0.1) is 16.7 Å². The molecule has 1 amide bonds. The van der Waals surface area contributed by atoms with Gasteiger partial charge in [-0.15, -0.1) is 0 Å². The van der Waals surface area contributed by atoms with Crippen LogP contribution in [0.3, 0.4) is 0 Å². The van der Waals surface area contributed by atoms with E-state index in [-0.39, 0.29) is 22.8 Å². The Hall–Kier alpha value is -0.480. The van der Waals surface area contributed by atoms with Gasteiger partial charge in [-0.05, 0) is 31.6 Å². The highest BCUT2D eigenvalue weighted by atomic mass is 32.2. The van der Waals surface area contributed by atoms with E-state index in [9.17, 15) is 9.35 Å². The smallest absolute Gasteiger partial charge is 0.287 e. The van der Waals surface area contributed by atoms with Crippen LogP contribution >= 0.6 is 0 Å². The lowest BCUT2D eigenvalue weighted by Crippen LogP contribution is -2.43. The summed E-state index contributed by atoms with van der Waals surface area (Å²) in [5, 5.41) is 0. The molecule has 4 atom stereocenters. The Bertz CT molecular complexity index is 428. The highest BCUT2D eigenvalue weighted by molar-refractivity contribution is 7.90. The third-order valence-corrected chi connectivity index (χ3v) is 7.29. The number of fused-ring (bicyclic) bond motifs is 1. The van der Waals surface area contributed by atoms with Gasteiger partial charge in [-0.1, -0.05) is 33.3 Å². The molecule has 0 N–H and O–H groups in total. The van der Waals surface area contributed by atoms with Crippen molar-refractivity contribution in [1.29, 1.82) is 0 Å². The van der Waals surface area contributed by atoms with E-state index < -0.39 is 11.4 Å². The molecule has 1 heterocycles. The first-order chi connectivity index (χ1) is 8.61. The minimum absolute atomic E-state index is 0.0393. The van der Waals surface area contributed by atoms with Crippen molar-refractivity contribution in [3.05, 3.63) is 11.6 Å². The highest BCUT2D eigenvalue weighted by Gasteiger charge is 2.67. The molecule has 2 rings (SSSR count). The number of nitrogens with zero attached hydrogens (tertiary/aromatic N) is 1. The fraction of sp³-hybridized carbons (Fsp3) is 0.800. The van der Waals surface area contributed by atoms with E-state index in [1.165, 1.54) is 0 Å². The molecule has 0 radical (unpaired) electrons. The summed E-state index contributed by atoms with van der Waals surface area (Å²) in [5.41, 5.74) is 1.04. The van der Waals surface area contributed by atoms with Crippen LogP contribution in [-0.2, 0) is 16.2 Å². The maximum atomic E-state index is 12.4. The van der Waals surface area contributed by atoms with Gasteiger partial charge in [0.15, 0.2) is 0 Å². The standard InChI is InChI=1S/C15H25NO2S/c1-10(2)7-13(17)16-12-8-11(3)14(4,5)15(12,6)9-19(16)18/h7,11-12H,8-9H2,1-6H3. The zero-order valence-corrected chi connectivity index (χ0v) is 13.6. The van der Waals surface area contributed by atoms with Crippen LogP contribution < -0.4 is 0 Å². The maximum absolute atomic E-state index is 12.4. The van der Waals surface area contributed by atoms with Crippen LogP contribution in [0.1, 0.15) is 48.0 Å². The molecule has 1 aliphatic heterocycles. The lowest BCUT2D eigenvalue weighted by atomic mass is 9.66. The molecule has 0 aromatic heterocycles. The number of carbonyl (C=O) groups is 1. The van der Waals surface area contributed by atoms with Crippen LogP contribution in [0.5, 0.6) is 0 Å². The molecular formula is C15H25NO2S. The van der Waals surface area contributed by atoms with E-state index in [0.29, 0.717) is 11.7 Å². The van der Waals surface area contributed by atoms with Gasteiger partial charge in [0.1, 0.15) is 5.75 Å². The van der Waals surface area contributed by atoms with Gasteiger partial charge in [0.25, 0.3) is 5.91 Å². The Kier molecular flexibility index (Phi) is 3.55. The zero-order valence-electron chi connectivity index (χ0n) is 12.8. The Morgan fingerprint density at radius 2 is 1.95 bits per heavy atom. The third kappa shape index (κ3) is 2.04. The topological polar surface area (TPSA) is 43.4 Å². The average Bonchev–Trinajstić information content (AvgIpc) is 2.58. The minimum atomic E-state index is -1.18. The molecule has 2 aliphatic rings. The molecule has 0 aromatic rings. The Morgan fingerprint density at radius 1 is 1.37 bits per heavy atom. The summed E-state index contributed by atoms with van der Waals surface area (Å²) in [5.74, 6) is 1.07. The lowest BCUT2D eigenvalue weighted by molar-refractivity contribution is -0.123. The van der Waals surface area contributed by atoms with Gasteiger partial charge in [-0.2, -0.15) is 4.31 Å². The van der Waals surface area contributed by atoms with E-state index in [1.807, 2.05) is 13.8 Å². The van der Waals surface area contributed by atoms with Gasteiger partial charge in [0, 0.05) is 11.5 Å². The molecule has 1 saturated carbocycles. The second kappa shape index (κ2) is 4.52. The van der Waals surface area contributed by atoms with E-state index in [0.717, 1.165) is 12.0 Å². The lowest BCUT2D eigenvalue weighted by Gasteiger charge is -2.37. The molecule has 2 fully saturated rings. The fourth-order valence-electron chi connectivity index (χ4n) is 3.55. The molecule has 19 heavy (non-hydrogen) atoms. The Labute approximate surface area is 119 Å². The predicted octanol–water partition coefficient (Wildman–Crippen LogP) is 2.90. The van der Waals surface area contributed by atoms with Crippen molar-refractivity contribution >= 4 is 17.3 Å². The number of hydrogen-bond donors (Lipinski definition) is 0. The summed E-state index contributed by atoms with van der Waals surface area (Å²) < 4.78 is 14.0. The van der Waals surface area contributed by atoms with E-state index in [2.05, 4.69) is 27.7 Å². The maximum Gasteiger partial charge on any atom is 0.287 e. The van der Waals surface area contributed by atoms with Gasteiger partial charge in [0.2, 0.25) is 0 Å². The van der Waals surface area contributed by atoms with Crippen LogP contribution in [0.4, 0.5) is 0 Å². The van der Waals surface area contributed by atoms with Crippen molar-refractivity contribution < 1.29 is 9.35 Å². The summed E-state index contributed by atoms with van der Waals surface area (Å²) in [7, 11) is 0. The number of carbonyl (C=O) groups excluding carboxylic acids is 1. The summed E-state index contributed by atoms with van der Waals surface area (Å²) in [4.78, 5) is 12.3. The molecule has 1 aliphatic carbocycles. The normalized spacial score (nSPS) is 40.2. The van der Waals surface area contributed by atoms with E-state index in [4.69, 9.17) is 0 Å². The predicted molar refractivity (Wildman–Crippen MR) is 78.7 cm³/mol. The summed E-state index contributed by atoms with van der Waals surface area (Å²) in [6, 6.07) is 0.112. The van der Waals surface area contributed by atoms with E-state index in [1.54, 1.807) is 10.4 Å². The molecule has 0 bridgehead atoms. The first-order valence-electron chi connectivity index (χ1n) is 6.98. The van der Waals surface area contributed by atoms with Gasteiger partial charge in [-0.25, -0.2) is 0 Å². The van der Waals surface area contributed by atoms with Crippen molar-refractivity contribution in [2.24, 2.45) is 16.7 Å². The van der Waals surface area contributed by atoms with Crippen molar-refractivity contribution in [3.8, 4) is 0 Å². The first-order valence-corrected chi connectivity index (χ1v) is 8.25. The Morgan fingerprint density at radius 3 is 2.47 bits per heavy atom. The molecular weight excluding hydrogens is 258 g/mol. The largest absolute Gasteiger partial charge is 0.593 e. The second-order valence-electron chi connectivity index (χ2n) is 7.14. The van der Waals surface area contributed by atoms with Gasteiger partial charge < -0.3 is 4.55 Å². The number of amides is 1. The molecule has 4 heteroatoms. The van der Waals surface area contributed by atoms with Crippen LogP contribution in [0.25, 0.3) is 0 Å². The molecule has 4 unspecified atom stereocenters. The molecule has 108 valence electrons. The zero-order chi connectivity index (χ0) is 14.6. The van der Waals surface area contributed by atoms with Gasteiger partial charge in [-0.3, -0.25) is 4.79 Å². The summed E-state index contributed by atoms with van der Waals surface area (Å²) >= 11 is -1.18. The van der Waals surface area contributed by atoms with E-state index >= 15 is 0 Å². The van der Waals surface area contributed by atoms with Crippen molar-refractivity contribution in [3.63, 3.8) is 0 Å². The number of hydrogen-bond acceptors (Lipinski definition) is 2. The molecule has 3 nitrogen and oxygen atoms in total. The van der Waals surface area contributed by atoms with Crippen molar-refractivity contribution in [2.75, 3.05) is 5.75 Å². The summed E-state index contributed by atoms with van der Waals surface area (Å²) in [6.07, 6.45) is 2.57. The molecule has 0 aromatic carbocycles. The Balaban J connectivity index is 2.36. The minimum Gasteiger partial charge on any atom is -0.593 e. The first kappa shape index (κ1) is 14.9. The van der Waals surface area contributed by atoms with Crippen LogP contribution in [0.2, 0.25) is 0 Å².